The molecule has 0 spiro atoms. The summed E-state index contributed by atoms with van der Waals surface area (Å²) in [6.45, 7) is 3.88. The van der Waals surface area contributed by atoms with Crippen LogP contribution in [0.3, 0.4) is 0 Å². The van der Waals surface area contributed by atoms with E-state index in [1.807, 2.05) is 6.07 Å². The molecule has 1 atom stereocenters. The van der Waals surface area contributed by atoms with Crippen molar-refractivity contribution in [3.8, 4) is 5.75 Å². The lowest BCUT2D eigenvalue weighted by molar-refractivity contribution is 0.350. The van der Waals surface area contributed by atoms with E-state index in [-0.39, 0.29) is 6.04 Å². The van der Waals surface area contributed by atoms with Gasteiger partial charge in [-0.2, -0.15) is 0 Å². The third-order valence-corrected chi connectivity index (χ3v) is 3.55. The van der Waals surface area contributed by atoms with Crippen LogP contribution in [-0.4, -0.2) is 23.1 Å². The minimum Gasteiger partial charge on any atom is -0.493 e. The van der Waals surface area contributed by atoms with Gasteiger partial charge in [0.05, 0.1) is 18.3 Å². The lowest BCUT2D eigenvalue weighted by Gasteiger charge is -2.20. The van der Waals surface area contributed by atoms with Crippen molar-refractivity contribution in [1.29, 1.82) is 0 Å². The molecule has 20 heavy (non-hydrogen) atoms. The lowest BCUT2D eigenvalue weighted by atomic mass is 9.99. The summed E-state index contributed by atoms with van der Waals surface area (Å²) >= 11 is 0. The Bertz CT molecular complexity index is 571. The van der Waals surface area contributed by atoms with Crippen LogP contribution < -0.4 is 10.1 Å². The van der Waals surface area contributed by atoms with Crippen LogP contribution in [0.1, 0.15) is 36.2 Å². The zero-order valence-electron chi connectivity index (χ0n) is 11.7. The van der Waals surface area contributed by atoms with Crippen molar-refractivity contribution < 1.29 is 4.74 Å². The Morgan fingerprint density at radius 2 is 2.30 bits per heavy atom. The number of nitrogens with one attached hydrogen (secondary N) is 1. The van der Waals surface area contributed by atoms with Crippen LogP contribution in [0.15, 0.2) is 36.8 Å². The van der Waals surface area contributed by atoms with Gasteiger partial charge in [0, 0.05) is 18.2 Å². The highest BCUT2D eigenvalue weighted by molar-refractivity contribution is 5.47. The number of nitrogens with zero attached hydrogens (tertiary/aromatic N) is 2. The average molecular weight is 269 g/mol. The van der Waals surface area contributed by atoms with Crippen LogP contribution in [0.5, 0.6) is 5.75 Å². The van der Waals surface area contributed by atoms with Gasteiger partial charge < -0.3 is 10.1 Å². The molecule has 2 heterocycles. The Morgan fingerprint density at radius 1 is 1.35 bits per heavy atom. The Kier molecular flexibility index (Phi) is 3.92. The minimum absolute atomic E-state index is 0.0611. The number of hydrogen-bond acceptors (Lipinski definition) is 4. The molecule has 0 bridgehead atoms. The van der Waals surface area contributed by atoms with E-state index >= 15 is 0 Å². The van der Waals surface area contributed by atoms with Crippen molar-refractivity contribution in [2.45, 2.75) is 25.8 Å². The van der Waals surface area contributed by atoms with E-state index in [4.69, 9.17) is 4.74 Å². The predicted molar refractivity (Wildman–Crippen MR) is 77.8 cm³/mol. The number of para-hydroxylation sites is 1. The second-order valence-corrected chi connectivity index (χ2v) is 4.96. The fraction of sp³-hybridized carbons (Fsp3) is 0.375. The van der Waals surface area contributed by atoms with Crippen LogP contribution >= 0.6 is 0 Å². The van der Waals surface area contributed by atoms with Gasteiger partial charge in [0.2, 0.25) is 0 Å². The van der Waals surface area contributed by atoms with E-state index in [1.54, 1.807) is 12.5 Å². The largest absolute Gasteiger partial charge is 0.493 e. The maximum Gasteiger partial charge on any atom is 0.127 e. The molecule has 1 N–H and O–H groups in total. The molecule has 1 aliphatic heterocycles. The number of fused-ring (bicyclic) bond motifs is 1. The molecule has 0 amide bonds. The average Bonchev–Trinajstić information content (AvgIpc) is 2.98. The highest BCUT2D eigenvalue weighted by atomic mass is 16.5. The van der Waals surface area contributed by atoms with Gasteiger partial charge in [-0.25, -0.2) is 9.97 Å². The zero-order chi connectivity index (χ0) is 13.8. The van der Waals surface area contributed by atoms with Crippen LogP contribution in [0.2, 0.25) is 0 Å². The molecule has 1 unspecified atom stereocenters. The first kappa shape index (κ1) is 13.1. The van der Waals surface area contributed by atoms with Gasteiger partial charge in [-0.15, -0.1) is 0 Å². The summed E-state index contributed by atoms with van der Waals surface area (Å²) in [7, 11) is 0. The van der Waals surface area contributed by atoms with Crippen LogP contribution in [0.25, 0.3) is 0 Å². The molecule has 1 aromatic heterocycles. The van der Waals surface area contributed by atoms with E-state index < -0.39 is 0 Å². The fourth-order valence-corrected chi connectivity index (χ4v) is 2.60. The smallest absolute Gasteiger partial charge is 0.127 e. The maximum absolute atomic E-state index is 5.83. The summed E-state index contributed by atoms with van der Waals surface area (Å²) in [4.78, 5) is 8.41. The maximum atomic E-state index is 5.83. The highest BCUT2D eigenvalue weighted by Crippen LogP contribution is 2.35. The van der Waals surface area contributed by atoms with Crippen molar-refractivity contribution in [2.75, 3.05) is 13.2 Å². The van der Waals surface area contributed by atoms with Gasteiger partial charge >= 0.3 is 0 Å². The van der Waals surface area contributed by atoms with Gasteiger partial charge in [0.15, 0.2) is 0 Å². The SMILES string of the molecule is CCCNC(c1ccncn1)c1cccc2c1OCC2. The quantitative estimate of drug-likeness (QED) is 0.906. The zero-order valence-corrected chi connectivity index (χ0v) is 11.7. The Hall–Kier alpha value is -1.94. The standard InChI is InChI=1S/C16H19N3O/c1-2-8-18-15(14-6-9-17-11-19-14)13-5-3-4-12-7-10-20-16(12)13/h3-6,9,11,15,18H,2,7-8,10H2,1H3. The summed E-state index contributed by atoms with van der Waals surface area (Å²) in [5.41, 5.74) is 3.45. The minimum atomic E-state index is 0.0611. The topological polar surface area (TPSA) is 47.0 Å². The first-order chi connectivity index (χ1) is 9.90. The molecule has 0 fully saturated rings. The molecule has 2 aromatic rings. The third-order valence-electron chi connectivity index (χ3n) is 3.55. The van der Waals surface area contributed by atoms with Crippen molar-refractivity contribution in [2.24, 2.45) is 0 Å². The molecule has 0 saturated carbocycles. The van der Waals surface area contributed by atoms with Gasteiger partial charge in [-0.1, -0.05) is 25.1 Å². The summed E-state index contributed by atoms with van der Waals surface area (Å²) in [5, 5.41) is 3.56. The predicted octanol–water partition coefficient (Wildman–Crippen LogP) is 2.50. The molecule has 0 aliphatic carbocycles. The number of benzene rings is 1. The number of hydrogen-bond donors (Lipinski definition) is 1. The van der Waals surface area contributed by atoms with Crippen LogP contribution in [0.4, 0.5) is 0 Å². The Balaban J connectivity index is 2.00. The summed E-state index contributed by atoms with van der Waals surface area (Å²) in [5.74, 6) is 1.03. The summed E-state index contributed by atoms with van der Waals surface area (Å²) in [6.07, 6.45) is 5.46. The third kappa shape index (κ3) is 2.51. The number of rotatable bonds is 5. The van der Waals surface area contributed by atoms with Crippen molar-refractivity contribution in [3.63, 3.8) is 0 Å². The van der Waals surface area contributed by atoms with E-state index in [1.165, 1.54) is 11.1 Å². The molecule has 0 radical (unpaired) electrons. The lowest BCUT2D eigenvalue weighted by Crippen LogP contribution is -2.24. The molecule has 104 valence electrons. The van der Waals surface area contributed by atoms with Gasteiger partial charge in [0.25, 0.3) is 0 Å². The van der Waals surface area contributed by atoms with E-state index in [0.29, 0.717) is 0 Å². The van der Waals surface area contributed by atoms with Gasteiger partial charge in [-0.3, -0.25) is 0 Å². The summed E-state index contributed by atoms with van der Waals surface area (Å²) < 4.78 is 5.83. The Labute approximate surface area is 119 Å². The molecule has 3 rings (SSSR count). The highest BCUT2D eigenvalue weighted by Gasteiger charge is 2.23. The van der Waals surface area contributed by atoms with Gasteiger partial charge in [-0.05, 0) is 24.6 Å². The van der Waals surface area contributed by atoms with Crippen LogP contribution in [-0.2, 0) is 6.42 Å². The van der Waals surface area contributed by atoms with E-state index in [9.17, 15) is 0 Å². The number of ether oxygens (including phenoxy) is 1. The first-order valence-corrected chi connectivity index (χ1v) is 7.14. The Morgan fingerprint density at radius 3 is 3.10 bits per heavy atom. The normalized spacial score (nSPS) is 14.7. The van der Waals surface area contributed by atoms with Crippen molar-refractivity contribution in [1.82, 2.24) is 15.3 Å². The second-order valence-electron chi connectivity index (χ2n) is 4.96. The molecule has 1 aromatic carbocycles. The number of aromatic nitrogens is 2. The summed E-state index contributed by atoms with van der Waals surface area (Å²) in [6, 6.07) is 8.39. The van der Waals surface area contributed by atoms with Crippen molar-refractivity contribution in [3.05, 3.63) is 53.6 Å². The molecule has 4 nitrogen and oxygen atoms in total. The molecule has 1 aliphatic rings. The van der Waals surface area contributed by atoms with E-state index in [0.717, 1.165) is 37.4 Å². The monoisotopic (exact) mass is 269 g/mol. The fourth-order valence-electron chi connectivity index (χ4n) is 2.60. The molecule has 4 heteroatoms. The molecular weight excluding hydrogens is 250 g/mol. The van der Waals surface area contributed by atoms with Gasteiger partial charge in [0.1, 0.15) is 12.1 Å². The van der Waals surface area contributed by atoms with E-state index in [2.05, 4.69) is 40.4 Å². The molecule has 0 saturated heterocycles. The molecular formula is C16H19N3O. The first-order valence-electron chi connectivity index (χ1n) is 7.14. The van der Waals surface area contributed by atoms with Crippen LogP contribution in [0, 0.1) is 0 Å². The second kappa shape index (κ2) is 6.01. The van der Waals surface area contributed by atoms with Crippen molar-refractivity contribution >= 4 is 0 Å².